The van der Waals surface area contributed by atoms with Crippen LogP contribution in [-0.4, -0.2) is 14.3 Å². The Morgan fingerprint density at radius 1 is 1.40 bits per heavy atom. The van der Waals surface area contributed by atoms with Crippen molar-refractivity contribution in [1.29, 1.82) is 0 Å². The quantitative estimate of drug-likeness (QED) is 0.805. The van der Waals surface area contributed by atoms with Gasteiger partial charge in [0, 0.05) is 50.8 Å². The van der Waals surface area contributed by atoms with Crippen LogP contribution in [0.1, 0.15) is 11.3 Å². The zero-order valence-electron chi connectivity index (χ0n) is 8.93. The summed E-state index contributed by atoms with van der Waals surface area (Å²) in [5.41, 5.74) is 7.98. The van der Waals surface area contributed by atoms with E-state index in [4.69, 9.17) is 5.73 Å². The van der Waals surface area contributed by atoms with Crippen LogP contribution in [0.4, 0.5) is 0 Å². The number of hydrogen-bond donors (Lipinski definition) is 1. The van der Waals surface area contributed by atoms with Gasteiger partial charge in [0.05, 0.1) is 0 Å². The molecule has 2 aromatic heterocycles. The highest BCUT2D eigenvalue weighted by Crippen LogP contribution is 2.03. The summed E-state index contributed by atoms with van der Waals surface area (Å²) in [6.45, 7) is 1.58. The van der Waals surface area contributed by atoms with Crippen LogP contribution in [0.3, 0.4) is 0 Å². The molecule has 2 N–H and O–H groups in total. The average Bonchev–Trinajstić information content (AvgIpc) is 2.84. The summed E-state index contributed by atoms with van der Waals surface area (Å²) in [4.78, 5) is 0. The first kappa shape index (κ1) is 9.98. The fourth-order valence-corrected chi connectivity index (χ4v) is 1.64. The van der Waals surface area contributed by atoms with E-state index in [2.05, 4.69) is 28.1 Å². The van der Waals surface area contributed by atoms with Gasteiger partial charge in [-0.2, -0.15) is 5.10 Å². The first-order valence-electron chi connectivity index (χ1n) is 5.11. The lowest BCUT2D eigenvalue weighted by Crippen LogP contribution is -2.04. The van der Waals surface area contributed by atoms with Gasteiger partial charge in [0.1, 0.15) is 0 Å². The maximum Gasteiger partial charge on any atom is 0.0492 e. The van der Waals surface area contributed by atoms with Gasteiger partial charge in [-0.1, -0.05) is 0 Å². The van der Waals surface area contributed by atoms with E-state index in [-0.39, 0.29) is 0 Å². The van der Waals surface area contributed by atoms with Crippen molar-refractivity contribution >= 4 is 0 Å². The molecular formula is C11H16N4. The van der Waals surface area contributed by atoms with E-state index in [9.17, 15) is 0 Å². The Morgan fingerprint density at radius 2 is 2.27 bits per heavy atom. The summed E-state index contributed by atoms with van der Waals surface area (Å²) < 4.78 is 4.07. The molecule has 0 aromatic carbocycles. The van der Waals surface area contributed by atoms with Crippen LogP contribution in [0.5, 0.6) is 0 Å². The molecular weight excluding hydrogens is 188 g/mol. The van der Waals surface area contributed by atoms with Gasteiger partial charge in [0.25, 0.3) is 0 Å². The summed E-state index contributed by atoms with van der Waals surface area (Å²) in [7, 11) is 1.97. The van der Waals surface area contributed by atoms with E-state index in [1.807, 2.05) is 24.0 Å². The monoisotopic (exact) mass is 204 g/mol. The molecule has 2 rings (SSSR count). The summed E-state index contributed by atoms with van der Waals surface area (Å²) in [6.07, 6.45) is 6.99. The van der Waals surface area contributed by atoms with Crippen molar-refractivity contribution in [2.24, 2.45) is 12.8 Å². The van der Waals surface area contributed by atoms with Crippen LogP contribution < -0.4 is 5.73 Å². The summed E-state index contributed by atoms with van der Waals surface area (Å²) in [5, 5.41) is 4.14. The van der Waals surface area contributed by atoms with Gasteiger partial charge in [-0.25, -0.2) is 0 Å². The van der Waals surface area contributed by atoms with Gasteiger partial charge in [-0.15, -0.1) is 0 Å². The predicted octanol–water partition coefficient (Wildman–Crippen LogP) is 0.923. The Hall–Kier alpha value is -1.55. The second-order valence-corrected chi connectivity index (χ2v) is 3.66. The molecule has 0 unspecified atom stereocenters. The van der Waals surface area contributed by atoms with E-state index in [1.165, 1.54) is 11.3 Å². The second-order valence-electron chi connectivity index (χ2n) is 3.66. The van der Waals surface area contributed by atoms with Crippen molar-refractivity contribution in [3.05, 3.63) is 42.0 Å². The van der Waals surface area contributed by atoms with E-state index >= 15 is 0 Å². The van der Waals surface area contributed by atoms with Crippen molar-refractivity contribution in [2.45, 2.75) is 19.5 Å². The van der Waals surface area contributed by atoms with Gasteiger partial charge in [-0.3, -0.25) is 4.68 Å². The Kier molecular flexibility index (Phi) is 2.87. The van der Waals surface area contributed by atoms with Crippen LogP contribution in [-0.2, 0) is 26.6 Å². The fraction of sp³-hybridized carbons (Fsp3) is 0.364. The maximum absolute atomic E-state index is 5.55. The van der Waals surface area contributed by atoms with Gasteiger partial charge in [0.15, 0.2) is 0 Å². The molecule has 4 heteroatoms. The minimum absolute atomic E-state index is 0.610. The number of hydrogen-bond acceptors (Lipinski definition) is 2. The predicted molar refractivity (Wildman–Crippen MR) is 59.2 cm³/mol. The SMILES string of the molecule is Cn1nccc1CCn1ccc(CN)c1. The average molecular weight is 204 g/mol. The molecule has 2 heterocycles. The van der Waals surface area contributed by atoms with Crippen molar-refractivity contribution in [3.63, 3.8) is 0 Å². The lowest BCUT2D eigenvalue weighted by atomic mass is 10.3. The first-order chi connectivity index (χ1) is 7.29. The second kappa shape index (κ2) is 4.31. The maximum atomic E-state index is 5.55. The lowest BCUT2D eigenvalue weighted by molar-refractivity contribution is 0.638. The minimum Gasteiger partial charge on any atom is -0.354 e. The largest absolute Gasteiger partial charge is 0.354 e. The standard InChI is InChI=1S/C11H16N4/c1-14-11(2-5-13-14)4-7-15-6-3-10(8-12)9-15/h2-3,5-6,9H,4,7-8,12H2,1H3. The Balaban J connectivity index is 1.96. The molecule has 0 amide bonds. The van der Waals surface area contributed by atoms with E-state index in [0.29, 0.717) is 6.54 Å². The van der Waals surface area contributed by atoms with Crippen molar-refractivity contribution in [1.82, 2.24) is 14.3 Å². The summed E-state index contributed by atoms with van der Waals surface area (Å²) >= 11 is 0. The number of aromatic nitrogens is 3. The zero-order valence-corrected chi connectivity index (χ0v) is 8.93. The third-order valence-electron chi connectivity index (χ3n) is 2.60. The smallest absolute Gasteiger partial charge is 0.0492 e. The number of aryl methyl sites for hydroxylation is 3. The lowest BCUT2D eigenvalue weighted by Gasteiger charge is -2.03. The molecule has 4 nitrogen and oxygen atoms in total. The van der Waals surface area contributed by atoms with Gasteiger partial charge >= 0.3 is 0 Å². The van der Waals surface area contributed by atoms with Crippen LogP contribution >= 0.6 is 0 Å². The third kappa shape index (κ3) is 2.27. The highest BCUT2D eigenvalue weighted by Gasteiger charge is 1.99. The van der Waals surface area contributed by atoms with Crippen LogP contribution in [0.2, 0.25) is 0 Å². The molecule has 0 saturated carbocycles. The zero-order chi connectivity index (χ0) is 10.7. The van der Waals surface area contributed by atoms with Crippen molar-refractivity contribution in [3.8, 4) is 0 Å². The molecule has 0 aliphatic rings. The fourth-order valence-electron chi connectivity index (χ4n) is 1.64. The summed E-state index contributed by atoms with van der Waals surface area (Å²) in [5.74, 6) is 0. The number of nitrogens with zero attached hydrogens (tertiary/aromatic N) is 3. The molecule has 0 radical (unpaired) electrons. The third-order valence-corrected chi connectivity index (χ3v) is 2.60. The molecule has 0 aliphatic carbocycles. The van der Waals surface area contributed by atoms with E-state index in [1.54, 1.807) is 0 Å². The topological polar surface area (TPSA) is 48.8 Å². The number of nitrogens with two attached hydrogens (primary N) is 1. The van der Waals surface area contributed by atoms with E-state index in [0.717, 1.165) is 13.0 Å². The van der Waals surface area contributed by atoms with E-state index < -0.39 is 0 Å². The summed E-state index contributed by atoms with van der Waals surface area (Å²) in [6, 6.07) is 4.11. The first-order valence-corrected chi connectivity index (χ1v) is 5.11. The molecule has 0 saturated heterocycles. The van der Waals surface area contributed by atoms with Crippen LogP contribution in [0.25, 0.3) is 0 Å². The van der Waals surface area contributed by atoms with Crippen LogP contribution in [0, 0.1) is 0 Å². The van der Waals surface area contributed by atoms with Crippen molar-refractivity contribution in [2.75, 3.05) is 0 Å². The van der Waals surface area contributed by atoms with Gasteiger partial charge in [-0.05, 0) is 17.7 Å². The van der Waals surface area contributed by atoms with Crippen LogP contribution in [0.15, 0.2) is 30.7 Å². The highest BCUT2D eigenvalue weighted by molar-refractivity contribution is 5.10. The van der Waals surface area contributed by atoms with Gasteiger partial charge < -0.3 is 10.3 Å². The Labute approximate surface area is 89.3 Å². The molecule has 0 atom stereocenters. The molecule has 2 aromatic rings. The highest BCUT2D eigenvalue weighted by atomic mass is 15.3. The molecule has 15 heavy (non-hydrogen) atoms. The molecule has 0 fully saturated rings. The normalized spacial score (nSPS) is 10.8. The molecule has 0 spiro atoms. The number of rotatable bonds is 4. The van der Waals surface area contributed by atoms with Crippen molar-refractivity contribution < 1.29 is 0 Å². The molecule has 0 bridgehead atoms. The minimum atomic E-state index is 0.610. The molecule has 0 aliphatic heterocycles. The van der Waals surface area contributed by atoms with Gasteiger partial charge in [0.2, 0.25) is 0 Å². The Bertz CT molecular complexity index is 427. The molecule has 80 valence electrons. The Morgan fingerprint density at radius 3 is 2.87 bits per heavy atom.